The normalized spacial score (nSPS) is 9.67. The van der Waals surface area contributed by atoms with Gasteiger partial charge in [-0.3, -0.25) is 0 Å². The standard InChI is InChI=1S/C9H10N2O2SSe/c1-3-13-9(12)8-6(10)7(11-2)5(4-14)15-8/h14H,3-4,10H2,1H3. The summed E-state index contributed by atoms with van der Waals surface area (Å²) in [6, 6.07) is 0. The molecule has 0 aliphatic heterocycles. The molecule has 0 bridgehead atoms. The first kappa shape index (κ1) is 12.2. The molecular formula is C9H10N2O2SSe. The summed E-state index contributed by atoms with van der Waals surface area (Å²) < 4.78 is 6.16. The first-order valence-corrected chi connectivity index (χ1v) is 6.56. The van der Waals surface area contributed by atoms with Crippen molar-refractivity contribution in [3.05, 3.63) is 20.3 Å². The van der Waals surface area contributed by atoms with Gasteiger partial charge in [0, 0.05) is 0 Å². The molecule has 0 aliphatic carbocycles. The number of anilines is 1. The van der Waals surface area contributed by atoms with Crippen LogP contribution in [0, 0.1) is 6.57 Å². The third kappa shape index (κ3) is 2.37. The van der Waals surface area contributed by atoms with E-state index in [0.717, 1.165) is 4.44 Å². The Balaban J connectivity index is 3.16. The monoisotopic (exact) mass is 290 g/mol. The van der Waals surface area contributed by atoms with Crippen molar-refractivity contribution in [2.75, 3.05) is 12.3 Å². The van der Waals surface area contributed by atoms with Crippen LogP contribution in [-0.2, 0) is 10.5 Å². The average Bonchev–Trinajstić information content (AvgIpc) is 2.55. The summed E-state index contributed by atoms with van der Waals surface area (Å²) in [6.45, 7) is 9.02. The summed E-state index contributed by atoms with van der Waals surface area (Å²) in [6.07, 6.45) is 0. The third-order valence-electron chi connectivity index (χ3n) is 1.71. The Kier molecular flexibility index (Phi) is 4.27. The van der Waals surface area contributed by atoms with Crippen molar-refractivity contribution in [2.24, 2.45) is 0 Å². The van der Waals surface area contributed by atoms with E-state index in [1.165, 1.54) is 0 Å². The van der Waals surface area contributed by atoms with Gasteiger partial charge in [0.25, 0.3) is 0 Å². The number of carbonyl (C=O) groups is 1. The maximum absolute atomic E-state index is 11.5. The van der Waals surface area contributed by atoms with E-state index in [4.69, 9.17) is 17.0 Å². The quantitative estimate of drug-likeness (QED) is 0.383. The number of thiol groups is 1. The Morgan fingerprint density at radius 1 is 1.73 bits per heavy atom. The molecular weight excluding hydrogens is 279 g/mol. The second-order valence-corrected chi connectivity index (χ2v) is 5.24. The number of ether oxygens (including phenoxy) is 1. The Morgan fingerprint density at radius 3 is 2.80 bits per heavy atom. The molecule has 0 atom stereocenters. The van der Waals surface area contributed by atoms with Gasteiger partial charge in [0.05, 0.1) is 0 Å². The number of nitrogen functional groups attached to an aromatic ring is 1. The zero-order valence-corrected chi connectivity index (χ0v) is 10.7. The molecule has 0 aliphatic rings. The number of hydrogen-bond donors (Lipinski definition) is 2. The van der Waals surface area contributed by atoms with Gasteiger partial charge in [-0.15, -0.1) is 0 Å². The fraction of sp³-hybridized carbons (Fsp3) is 0.333. The van der Waals surface area contributed by atoms with E-state index in [1.54, 1.807) is 6.92 Å². The van der Waals surface area contributed by atoms with Crippen molar-refractivity contribution in [1.29, 1.82) is 0 Å². The molecule has 80 valence electrons. The number of nitrogens with two attached hydrogens (primary N) is 1. The summed E-state index contributed by atoms with van der Waals surface area (Å²) in [4.78, 5) is 14.8. The maximum atomic E-state index is 11.5. The number of nitrogens with zero attached hydrogens (tertiary/aromatic N) is 1. The fourth-order valence-electron chi connectivity index (χ4n) is 1.06. The van der Waals surface area contributed by atoms with Crippen molar-refractivity contribution in [2.45, 2.75) is 12.7 Å². The van der Waals surface area contributed by atoms with Gasteiger partial charge in [0.2, 0.25) is 0 Å². The van der Waals surface area contributed by atoms with Gasteiger partial charge in [-0.25, -0.2) is 0 Å². The van der Waals surface area contributed by atoms with Crippen LogP contribution in [0.3, 0.4) is 0 Å². The molecule has 2 N–H and O–H groups in total. The van der Waals surface area contributed by atoms with Crippen molar-refractivity contribution in [1.82, 2.24) is 0 Å². The van der Waals surface area contributed by atoms with Gasteiger partial charge in [-0.2, -0.15) is 0 Å². The van der Waals surface area contributed by atoms with Crippen LogP contribution in [0.15, 0.2) is 0 Å². The Hall–Kier alpha value is -0.891. The molecule has 1 aromatic heterocycles. The molecule has 1 aromatic rings. The van der Waals surface area contributed by atoms with Gasteiger partial charge >= 0.3 is 99.3 Å². The van der Waals surface area contributed by atoms with Crippen LogP contribution in [0.4, 0.5) is 11.4 Å². The van der Waals surface area contributed by atoms with E-state index in [-0.39, 0.29) is 20.2 Å². The van der Waals surface area contributed by atoms with Gasteiger partial charge in [0.1, 0.15) is 0 Å². The summed E-state index contributed by atoms with van der Waals surface area (Å²) >= 11 is 3.90. The number of esters is 1. The summed E-state index contributed by atoms with van der Waals surface area (Å²) in [7, 11) is 0. The topological polar surface area (TPSA) is 56.7 Å². The second-order valence-electron chi connectivity index (χ2n) is 2.61. The van der Waals surface area contributed by atoms with Crippen LogP contribution in [0.2, 0.25) is 0 Å². The van der Waals surface area contributed by atoms with E-state index in [1.807, 2.05) is 0 Å². The summed E-state index contributed by atoms with van der Waals surface area (Å²) in [5.41, 5.74) is 6.37. The molecule has 15 heavy (non-hydrogen) atoms. The van der Waals surface area contributed by atoms with Gasteiger partial charge in [-0.1, -0.05) is 0 Å². The summed E-state index contributed by atoms with van der Waals surface area (Å²) in [5, 5.41) is 0. The minimum atomic E-state index is -0.409. The molecule has 0 unspecified atom stereocenters. The molecule has 1 rings (SSSR count). The Morgan fingerprint density at radius 2 is 2.40 bits per heavy atom. The SMILES string of the molecule is [C-]#[N+]c1c(CS)[se]c(C(=O)OCC)c1N. The first-order valence-electron chi connectivity index (χ1n) is 4.22. The molecule has 0 radical (unpaired) electrons. The van der Waals surface area contributed by atoms with Crippen molar-refractivity contribution in [3.8, 4) is 0 Å². The van der Waals surface area contributed by atoms with Crippen LogP contribution in [0.1, 0.15) is 20.6 Å². The van der Waals surface area contributed by atoms with Crippen LogP contribution in [0.25, 0.3) is 4.85 Å². The molecule has 0 saturated heterocycles. The predicted octanol–water partition coefficient (Wildman–Crippen LogP) is 1.48. The van der Waals surface area contributed by atoms with Gasteiger partial charge in [0.15, 0.2) is 0 Å². The fourth-order valence-corrected chi connectivity index (χ4v) is 3.46. The van der Waals surface area contributed by atoms with E-state index < -0.39 is 5.97 Å². The van der Waals surface area contributed by atoms with Crippen LogP contribution < -0.4 is 5.73 Å². The zero-order chi connectivity index (χ0) is 11.4. The van der Waals surface area contributed by atoms with E-state index in [9.17, 15) is 4.79 Å². The van der Waals surface area contributed by atoms with Gasteiger partial charge < -0.3 is 0 Å². The van der Waals surface area contributed by atoms with Crippen LogP contribution in [0.5, 0.6) is 0 Å². The number of hydrogen-bond acceptors (Lipinski definition) is 4. The van der Waals surface area contributed by atoms with Crippen LogP contribution in [-0.4, -0.2) is 27.1 Å². The molecule has 0 amide bonds. The van der Waals surface area contributed by atoms with E-state index >= 15 is 0 Å². The van der Waals surface area contributed by atoms with Gasteiger partial charge in [-0.05, 0) is 0 Å². The molecule has 0 saturated carbocycles. The van der Waals surface area contributed by atoms with Crippen molar-refractivity contribution in [3.63, 3.8) is 0 Å². The number of rotatable bonds is 3. The number of carbonyl (C=O) groups excluding carboxylic acids is 1. The van der Waals surface area contributed by atoms with E-state index in [0.29, 0.717) is 22.5 Å². The predicted molar refractivity (Wildman–Crippen MR) is 62.7 cm³/mol. The Bertz CT molecular complexity index is 422. The van der Waals surface area contributed by atoms with Crippen LogP contribution >= 0.6 is 12.6 Å². The van der Waals surface area contributed by atoms with E-state index in [2.05, 4.69) is 17.5 Å². The third-order valence-corrected chi connectivity index (χ3v) is 4.97. The average molecular weight is 289 g/mol. The Labute approximate surface area is 99.4 Å². The second kappa shape index (κ2) is 5.26. The molecule has 0 spiro atoms. The molecule has 6 heteroatoms. The molecule has 0 aromatic carbocycles. The summed E-state index contributed by atoms with van der Waals surface area (Å²) in [5.74, 6) is 0.0503. The van der Waals surface area contributed by atoms with Crippen molar-refractivity contribution >= 4 is 44.5 Å². The first-order chi connectivity index (χ1) is 7.15. The molecule has 0 fully saturated rings. The zero-order valence-electron chi connectivity index (χ0n) is 8.11. The van der Waals surface area contributed by atoms with Crippen molar-refractivity contribution < 1.29 is 9.53 Å². The molecule has 1 heterocycles. The molecule has 4 nitrogen and oxygen atoms in total. The minimum absolute atomic E-state index is 0.210.